The summed E-state index contributed by atoms with van der Waals surface area (Å²) < 4.78 is 4.51. The van der Waals surface area contributed by atoms with Gasteiger partial charge in [0.05, 0.1) is 0 Å². The summed E-state index contributed by atoms with van der Waals surface area (Å²) in [7, 11) is 0. The molecule has 4 nitrogen and oxygen atoms in total. The molecule has 0 heterocycles. The van der Waals surface area contributed by atoms with Gasteiger partial charge in [-0.3, -0.25) is 4.79 Å². The normalized spacial score (nSPS) is 13.5. The molecule has 1 aliphatic carbocycles. The van der Waals surface area contributed by atoms with E-state index in [0.717, 1.165) is 18.4 Å². The van der Waals surface area contributed by atoms with Crippen LogP contribution in [0.4, 0.5) is 0 Å². The summed E-state index contributed by atoms with van der Waals surface area (Å²) in [5.41, 5.74) is 2.16. The highest BCUT2D eigenvalue weighted by Crippen LogP contribution is 2.25. The van der Waals surface area contributed by atoms with E-state index in [-0.39, 0.29) is 11.5 Å². The molecule has 0 aromatic heterocycles. The highest BCUT2D eigenvalue weighted by Gasteiger charge is 1.96. The molecule has 1 aromatic carbocycles. The molecule has 0 atom stereocenters. The fourth-order valence-electron chi connectivity index (χ4n) is 1.89. The second-order valence-electron chi connectivity index (χ2n) is 4.79. The molecule has 23 heavy (non-hydrogen) atoms. The molecule has 122 valence electrons. The Morgan fingerprint density at radius 3 is 2.65 bits per heavy atom. The van der Waals surface area contributed by atoms with Gasteiger partial charge >= 0.3 is 0 Å². The van der Waals surface area contributed by atoms with Gasteiger partial charge in [-0.25, -0.2) is 0 Å². The number of phenols is 2. The smallest absolute Gasteiger partial charge is 0.293 e. The minimum absolute atomic E-state index is 0.0828. The third-order valence-electron chi connectivity index (χ3n) is 3.00. The van der Waals surface area contributed by atoms with Gasteiger partial charge in [-0.15, -0.1) is 0 Å². The van der Waals surface area contributed by atoms with Crippen LogP contribution in [0.5, 0.6) is 11.5 Å². The first kappa shape index (κ1) is 18.3. The molecule has 0 bridgehead atoms. The van der Waals surface area contributed by atoms with E-state index in [0.29, 0.717) is 13.1 Å². The fourth-order valence-corrected chi connectivity index (χ4v) is 1.89. The number of benzene rings is 1. The summed E-state index contributed by atoms with van der Waals surface area (Å²) in [6, 6.07) is 4.70. The zero-order valence-corrected chi connectivity index (χ0v) is 13.2. The van der Waals surface area contributed by atoms with Crippen LogP contribution >= 0.6 is 0 Å². The third kappa shape index (κ3) is 7.71. The lowest BCUT2D eigenvalue weighted by Crippen LogP contribution is -1.87. The largest absolute Gasteiger partial charge is 0.504 e. The third-order valence-corrected chi connectivity index (χ3v) is 3.00. The predicted molar refractivity (Wildman–Crippen MR) is 92.1 cm³/mol. The molecule has 2 rings (SSSR count). The van der Waals surface area contributed by atoms with Crippen LogP contribution in [0.2, 0.25) is 0 Å². The van der Waals surface area contributed by atoms with Crippen LogP contribution in [0.15, 0.2) is 60.2 Å². The van der Waals surface area contributed by atoms with Gasteiger partial charge in [0, 0.05) is 0 Å². The number of hydrogen-bond acceptors (Lipinski definition) is 4. The molecule has 2 N–H and O–H groups in total. The molecule has 4 heteroatoms. The molecule has 0 saturated carbocycles. The van der Waals surface area contributed by atoms with Gasteiger partial charge in [0.1, 0.15) is 6.61 Å². The Bertz CT molecular complexity index is 610. The standard InChI is InChI=1S/C10H12O2.C9H10O2/c11-9-12-8-4-7-10-5-2-1-3-6-10;1-2-3-7-4-5-8(10)9(11)6-7/h1-2,4-5,7,9H,3,6,8H2;2-6,10-11H,1H3/b7-4-;3-2+. The minimum atomic E-state index is -0.0850. The number of phenolic OH excluding ortho intramolecular Hbond substituents is 2. The highest BCUT2D eigenvalue weighted by molar-refractivity contribution is 5.54. The monoisotopic (exact) mass is 314 g/mol. The summed E-state index contributed by atoms with van der Waals surface area (Å²) in [6.07, 6.45) is 16.0. The quantitative estimate of drug-likeness (QED) is 0.487. The average molecular weight is 314 g/mol. The molecule has 1 aliphatic rings. The molecule has 1 aromatic rings. The lowest BCUT2D eigenvalue weighted by Gasteiger charge is -2.02. The van der Waals surface area contributed by atoms with Crippen LogP contribution in [-0.2, 0) is 9.53 Å². The molecule has 0 aliphatic heterocycles. The number of carbonyl (C=O) groups is 1. The van der Waals surface area contributed by atoms with Gasteiger partial charge in [-0.1, -0.05) is 42.5 Å². The van der Waals surface area contributed by atoms with E-state index >= 15 is 0 Å². The summed E-state index contributed by atoms with van der Waals surface area (Å²) in [5.74, 6) is -0.168. The molecule has 0 amide bonds. The van der Waals surface area contributed by atoms with Crippen molar-refractivity contribution in [2.75, 3.05) is 6.61 Å². The molecule has 0 radical (unpaired) electrons. The molecule has 0 fully saturated rings. The van der Waals surface area contributed by atoms with E-state index in [2.05, 4.69) is 16.9 Å². The Balaban J connectivity index is 0.000000231. The van der Waals surface area contributed by atoms with Gasteiger partial charge in [-0.2, -0.15) is 0 Å². The first-order valence-electron chi connectivity index (χ1n) is 7.39. The maximum Gasteiger partial charge on any atom is 0.293 e. The fraction of sp³-hybridized carbons (Fsp3) is 0.211. The molecule has 0 unspecified atom stereocenters. The highest BCUT2D eigenvalue weighted by atomic mass is 16.5. The lowest BCUT2D eigenvalue weighted by molar-refractivity contribution is -0.127. The van der Waals surface area contributed by atoms with Crippen molar-refractivity contribution in [3.63, 3.8) is 0 Å². The Morgan fingerprint density at radius 2 is 2.04 bits per heavy atom. The zero-order valence-electron chi connectivity index (χ0n) is 13.2. The van der Waals surface area contributed by atoms with Crippen molar-refractivity contribution >= 4 is 12.5 Å². The second kappa shape index (κ2) is 10.9. The number of ether oxygens (including phenoxy) is 1. The number of rotatable bonds is 5. The molecular weight excluding hydrogens is 292 g/mol. The molecular formula is C19H22O4. The van der Waals surface area contributed by atoms with Crippen molar-refractivity contribution in [1.29, 1.82) is 0 Å². The van der Waals surface area contributed by atoms with Crippen molar-refractivity contribution in [3.05, 3.63) is 65.8 Å². The number of allylic oxidation sites excluding steroid dienone is 6. The van der Waals surface area contributed by atoms with Crippen LogP contribution in [0.1, 0.15) is 25.3 Å². The average Bonchev–Trinajstić information content (AvgIpc) is 2.57. The summed E-state index contributed by atoms with van der Waals surface area (Å²) in [4.78, 5) is 9.77. The van der Waals surface area contributed by atoms with E-state index in [1.54, 1.807) is 6.07 Å². The summed E-state index contributed by atoms with van der Waals surface area (Å²) in [5, 5.41) is 18.0. The van der Waals surface area contributed by atoms with E-state index in [4.69, 9.17) is 10.2 Å². The molecule has 0 saturated heterocycles. The van der Waals surface area contributed by atoms with E-state index in [1.165, 1.54) is 17.7 Å². The van der Waals surface area contributed by atoms with Gasteiger partial charge in [0.15, 0.2) is 11.5 Å². The lowest BCUT2D eigenvalue weighted by atomic mass is 10.1. The Morgan fingerprint density at radius 1 is 1.22 bits per heavy atom. The van der Waals surface area contributed by atoms with Crippen molar-refractivity contribution in [2.45, 2.75) is 19.8 Å². The van der Waals surface area contributed by atoms with Crippen LogP contribution in [-0.4, -0.2) is 23.3 Å². The zero-order chi connectivity index (χ0) is 16.9. The molecule has 0 spiro atoms. The van der Waals surface area contributed by atoms with Gasteiger partial charge < -0.3 is 14.9 Å². The first-order valence-corrected chi connectivity index (χ1v) is 7.39. The van der Waals surface area contributed by atoms with E-state index < -0.39 is 0 Å². The van der Waals surface area contributed by atoms with Gasteiger partial charge in [0.2, 0.25) is 0 Å². The Labute approximate surface area is 136 Å². The van der Waals surface area contributed by atoms with Crippen LogP contribution in [0.25, 0.3) is 6.08 Å². The van der Waals surface area contributed by atoms with Crippen molar-refractivity contribution in [1.82, 2.24) is 0 Å². The SMILES string of the molecule is C/C=C/c1ccc(O)c(O)c1.O=COC/C=C\C1=CC=CCC1. The Hall–Kier alpha value is -2.75. The minimum Gasteiger partial charge on any atom is -0.504 e. The predicted octanol–water partition coefficient (Wildman–Crippen LogP) is 4.12. The Kier molecular flexibility index (Phi) is 8.67. The van der Waals surface area contributed by atoms with E-state index in [9.17, 15) is 4.79 Å². The number of hydrogen-bond donors (Lipinski definition) is 2. The number of aromatic hydroxyl groups is 2. The van der Waals surface area contributed by atoms with Crippen LogP contribution < -0.4 is 0 Å². The van der Waals surface area contributed by atoms with Gasteiger partial charge in [0.25, 0.3) is 6.47 Å². The summed E-state index contributed by atoms with van der Waals surface area (Å²) >= 11 is 0. The van der Waals surface area contributed by atoms with Crippen LogP contribution in [0, 0.1) is 0 Å². The van der Waals surface area contributed by atoms with E-state index in [1.807, 2.05) is 37.3 Å². The first-order chi connectivity index (χ1) is 11.2. The summed E-state index contributed by atoms with van der Waals surface area (Å²) in [6.45, 7) is 2.72. The maximum absolute atomic E-state index is 9.77. The van der Waals surface area contributed by atoms with Crippen molar-refractivity contribution in [2.24, 2.45) is 0 Å². The van der Waals surface area contributed by atoms with Crippen LogP contribution in [0.3, 0.4) is 0 Å². The maximum atomic E-state index is 9.77. The van der Waals surface area contributed by atoms with Crippen molar-refractivity contribution < 1.29 is 19.7 Å². The van der Waals surface area contributed by atoms with Gasteiger partial charge in [-0.05, 0) is 49.1 Å². The van der Waals surface area contributed by atoms with Crippen molar-refractivity contribution in [3.8, 4) is 11.5 Å². The second-order valence-corrected chi connectivity index (χ2v) is 4.79. The topological polar surface area (TPSA) is 66.8 Å². The number of carbonyl (C=O) groups excluding carboxylic acids is 1.